The van der Waals surface area contributed by atoms with E-state index in [9.17, 15) is 4.79 Å². The molecule has 1 aliphatic heterocycles. The van der Waals surface area contributed by atoms with Crippen LogP contribution < -0.4 is 15.4 Å². The highest BCUT2D eigenvalue weighted by molar-refractivity contribution is 6.31. The quantitative estimate of drug-likeness (QED) is 0.769. The van der Waals surface area contributed by atoms with Crippen LogP contribution in [0.25, 0.3) is 0 Å². The largest absolute Gasteiger partial charge is 0.486 e. The lowest BCUT2D eigenvalue weighted by molar-refractivity contribution is -0.133. The molecule has 1 heterocycles. The Morgan fingerprint density at radius 3 is 2.61 bits per heavy atom. The summed E-state index contributed by atoms with van der Waals surface area (Å²) in [7, 11) is 0. The van der Waals surface area contributed by atoms with E-state index in [1.807, 2.05) is 25.7 Å². The van der Waals surface area contributed by atoms with Gasteiger partial charge >= 0.3 is 0 Å². The van der Waals surface area contributed by atoms with E-state index in [0.29, 0.717) is 36.2 Å². The minimum atomic E-state index is -0.621. The Hall–Kier alpha value is -1.50. The molecule has 1 aromatic carbocycles. The van der Waals surface area contributed by atoms with E-state index in [-0.39, 0.29) is 6.10 Å². The summed E-state index contributed by atoms with van der Waals surface area (Å²) >= 11 is 6.10. The molecule has 1 aromatic rings. The molecule has 0 aliphatic carbocycles. The molecule has 0 bridgehead atoms. The molecule has 2 rings (SSSR count). The molecular formula is C16H23ClN2O4. The summed E-state index contributed by atoms with van der Waals surface area (Å²) in [5.74, 6) is 0.195. The first-order valence-electron chi connectivity index (χ1n) is 7.73. The number of anilines is 1. The van der Waals surface area contributed by atoms with Gasteiger partial charge in [-0.25, -0.2) is 0 Å². The molecule has 2 N–H and O–H groups in total. The van der Waals surface area contributed by atoms with Crippen molar-refractivity contribution in [2.75, 3.05) is 24.7 Å². The van der Waals surface area contributed by atoms with Crippen LogP contribution in [0.5, 0.6) is 5.75 Å². The van der Waals surface area contributed by atoms with Crippen LogP contribution in [0.3, 0.4) is 0 Å². The molecular weight excluding hydrogens is 320 g/mol. The number of ether oxygens (including phenoxy) is 3. The van der Waals surface area contributed by atoms with Gasteiger partial charge in [0.15, 0.2) is 6.29 Å². The molecule has 1 aliphatic rings. The van der Waals surface area contributed by atoms with E-state index in [0.717, 1.165) is 0 Å². The molecule has 0 saturated carbocycles. The van der Waals surface area contributed by atoms with E-state index in [1.54, 1.807) is 18.2 Å². The Balaban J connectivity index is 2.37. The number of carbonyl (C=O) groups is 1. The second-order valence-electron chi connectivity index (χ2n) is 5.27. The highest BCUT2D eigenvalue weighted by Gasteiger charge is 2.38. The molecule has 0 radical (unpaired) electrons. The molecule has 0 aromatic heterocycles. The third-order valence-corrected chi connectivity index (χ3v) is 3.90. The van der Waals surface area contributed by atoms with Crippen LogP contribution in [0.2, 0.25) is 5.02 Å². The van der Waals surface area contributed by atoms with Crippen LogP contribution in [0.1, 0.15) is 20.8 Å². The average molecular weight is 343 g/mol. The molecule has 7 heteroatoms. The number of nitrogens with two attached hydrogens (primary N) is 1. The summed E-state index contributed by atoms with van der Waals surface area (Å²) in [6.45, 7) is 6.98. The fourth-order valence-corrected chi connectivity index (χ4v) is 2.93. The highest BCUT2D eigenvalue weighted by atomic mass is 35.5. The highest BCUT2D eigenvalue weighted by Crippen LogP contribution is 2.38. The Morgan fingerprint density at radius 1 is 1.39 bits per heavy atom. The number of halogens is 1. The summed E-state index contributed by atoms with van der Waals surface area (Å²) in [4.78, 5) is 13.8. The number of nitrogens with zero attached hydrogens (tertiary/aromatic N) is 1. The number of amides is 1. The molecule has 0 saturated heterocycles. The van der Waals surface area contributed by atoms with E-state index in [4.69, 9.17) is 31.5 Å². The topological polar surface area (TPSA) is 74.0 Å². The minimum Gasteiger partial charge on any atom is -0.486 e. The summed E-state index contributed by atoms with van der Waals surface area (Å²) in [6, 6.07) is 4.67. The van der Waals surface area contributed by atoms with Gasteiger partial charge in [0.2, 0.25) is 5.91 Å². The maximum atomic E-state index is 12.0. The SMILES string of the molecule is CCOC(CN1c2cc(Cl)ccc2OC(C)C1C(N)=O)OCC. The second kappa shape index (κ2) is 7.86. The molecule has 2 atom stereocenters. The predicted molar refractivity (Wildman–Crippen MR) is 88.9 cm³/mol. The van der Waals surface area contributed by atoms with Crippen molar-refractivity contribution in [3.05, 3.63) is 23.2 Å². The standard InChI is InChI=1S/C16H23ClN2O4/c1-4-21-14(22-5-2)9-19-12-8-11(17)6-7-13(12)23-10(3)15(19)16(18)20/h6-8,10,14-15H,4-5,9H2,1-3H3,(H2,18,20). The van der Waals surface area contributed by atoms with Crippen molar-refractivity contribution < 1.29 is 19.0 Å². The van der Waals surface area contributed by atoms with Crippen molar-refractivity contribution in [1.29, 1.82) is 0 Å². The van der Waals surface area contributed by atoms with Gasteiger partial charge in [-0.1, -0.05) is 11.6 Å². The van der Waals surface area contributed by atoms with Crippen LogP contribution in [-0.4, -0.2) is 44.1 Å². The van der Waals surface area contributed by atoms with Gasteiger partial charge in [-0.15, -0.1) is 0 Å². The number of carbonyl (C=O) groups excluding carboxylic acids is 1. The van der Waals surface area contributed by atoms with Crippen molar-refractivity contribution in [2.24, 2.45) is 5.73 Å². The number of benzene rings is 1. The predicted octanol–water partition coefficient (Wildman–Crippen LogP) is 2.18. The third kappa shape index (κ3) is 4.07. The van der Waals surface area contributed by atoms with Gasteiger partial charge in [0, 0.05) is 18.2 Å². The second-order valence-corrected chi connectivity index (χ2v) is 5.71. The molecule has 1 amide bonds. The molecule has 0 spiro atoms. The fourth-order valence-electron chi connectivity index (χ4n) is 2.77. The van der Waals surface area contributed by atoms with Gasteiger partial charge in [-0.05, 0) is 39.0 Å². The summed E-state index contributed by atoms with van der Waals surface area (Å²) in [5.41, 5.74) is 6.30. The number of hydrogen-bond acceptors (Lipinski definition) is 5. The van der Waals surface area contributed by atoms with Gasteiger partial charge in [0.1, 0.15) is 17.9 Å². The Morgan fingerprint density at radius 2 is 2.04 bits per heavy atom. The first kappa shape index (κ1) is 17.8. The monoisotopic (exact) mass is 342 g/mol. The zero-order chi connectivity index (χ0) is 17.0. The Bertz CT molecular complexity index is 549. The van der Waals surface area contributed by atoms with Crippen LogP contribution in [0, 0.1) is 0 Å². The van der Waals surface area contributed by atoms with Crippen molar-refractivity contribution in [3.63, 3.8) is 0 Å². The van der Waals surface area contributed by atoms with Gasteiger partial charge < -0.3 is 24.8 Å². The summed E-state index contributed by atoms with van der Waals surface area (Å²) in [5, 5.41) is 0.555. The average Bonchev–Trinajstić information content (AvgIpc) is 2.48. The van der Waals surface area contributed by atoms with E-state index < -0.39 is 18.2 Å². The first-order chi connectivity index (χ1) is 11.0. The zero-order valence-corrected chi connectivity index (χ0v) is 14.4. The summed E-state index contributed by atoms with van der Waals surface area (Å²) < 4.78 is 17.0. The van der Waals surface area contributed by atoms with Crippen LogP contribution in [0.15, 0.2) is 18.2 Å². The van der Waals surface area contributed by atoms with Crippen LogP contribution in [-0.2, 0) is 14.3 Å². The number of fused-ring (bicyclic) bond motifs is 1. The van der Waals surface area contributed by atoms with Crippen molar-refractivity contribution in [3.8, 4) is 5.75 Å². The molecule has 128 valence electrons. The van der Waals surface area contributed by atoms with Gasteiger partial charge in [-0.2, -0.15) is 0 Å². The molecule has 23 heavy (non-hydrogen) atoms. The molecule has 2 unspecified atom stereocenters. The van der Waals surface area contributed by atoms with Gasteiger partial charge in [0.25, 0.3) is 0 Å². The minimum absolute atomic E-state index is 0.357. The van der Waals surface area contributed by atoms with Crippen LogP contribution >= 0.6 is 11.6 Å². The lowest BCUT2D eigenvalue weighted by Crippen LogP contribution is -2.57. The Kier molecular flexibility index (Phi) is 6.10. The van der Waals surface area contributed by atoms with E-state index in [2.05, 4.69) is 0 Å². The number of rotatable bonds is 7. The fraction of sp³-hybridized carbons (Fsp3) is 0.562. The molecule has 0 fully saturated rings. The van der Waals surface area contributed by atoms with Gasteiger partial charge in [0.05, 0.1) is 12.2 Å². The van der Waals surface area contributed by atoms with Crippen molar-refractivity contribution in [1.82, 2.24) is 0 Å². The van der Waals surface area contributed by atoms with Crippen LogP contribution in [0.4, 0.5) is 5.69 Å². The smallest absolute Gasteiger partial charge is 0.243 e. The lowest BCUT2D eigenvalue weighted by Gasteiger charge is -2.41. The normalized spacial score (nSPS) is 20.3. The van der Waals surface area contributed by atoms with E-state index in [1.165, 1.54) is 0 Å². The Labute approximate surface area is 141 Å². The van der Waals surface area contributed by atoms with Crippen molar-refractivity contribution >= 4 is 23.2 Å². The van der Waals surface area contributed by atoms with Gasteiger partial charge in [-0.3, -0.25) is 4.79 Å². The third-order valence-electron chi connectivity index (χ3n) is 3.67. The first-order valence-corrected chi connectivity index (χ1v) is 8.11. The zero-order valence-electron chi connectivity index (χ0n) is 13.6. The molecule has 6 nitrogen and oxygen atoms in total. The maximum absolute atomic E-state index is 12.0. The van der Waals surface area contributed by atoms with Crippen molar-refractivity contribution in [2.45, 2.75) is 39.2 Å². The number of primary amides is 1. The number of hydrogen-bond donors (Lipinski definition) is 1. The lowest BCUT2D eigenvalue weighted by atomic mass is 10.1. The summed E-state index contributed by atoms with van der Waals surface area (Å²) in [6.07, 6.45) is -0.853. The van der Waals surface area contributed by atoms with E-state index >= 15 is 0 Å². The maximum Gasteiger partial charge on any atom is 0.243 e.